The van der Waals surface area contributed by atoms with Gasteiger partial charge in [0.05, 0.1) is 18.8 Å². The van der Waals surface area contributed by atoms with Crippen molar-refractivity contribution in [2.75, 3.05) is 17.8 Å². The standard InChI is InChI=1S/C18H17ClN2O2S/c1-12-11-24-18(20-12)21(15-7-5-14(19)6-8-15)17(22)13-3-9-16(23-2)10-4-13/h3-10,12H,11H2,1-2H3/t12-/m0/s1. The van der Waals surface area contributed by atoms with Gasteiger partial charge in [0.25, 0.3) is 5.91 Å². The number of carbonyl (C=O) groups is 1. The predicted molar refractivity (Wildman–Crippen MR) is 101 cm³/mol. The van der Waals surface area contributed by atoms with Gasteiger partial charge in [-0.1, -0.05) is 23.4 Å². The normalized spacial score (nSPS) is 16.6. The molecule has 0 aliphatic carbocycles. The summed E-state index contributed by atoms with van der Waals surface area (Å²) in [5.74, 6) is 1.46. The summed E-state index contributed by atoms with van der Waals surface area (Å²) < 4.78 is 5.15. The Bertz CT molecular complexity index is 760. The minimum Gasteiger partial charge on any atom is -0.497 e. The topological polar surface area (TPSA) is 41.9 Å². The minimum atomic E-state index is -0.125. The van der Waals surface area contributed by atoms with Crippen LogP contribution < -0.4 is 9.64 Å². The molecular weight excluding hydrogens is 344 g/mol. The summed E-state index contributed by atoms with van der Waals surface area (Å²) in [6.45, 7) is 2.04. The largest absolute Gasteiger partial charge is 0.497 e. The van der Waals surface area contributed by atoms with Gasteiger partial charge < -0.3 is 4.74 Å². The Kier molecular flexibility index (Phi) is 5.11. The summed E-state index contributed by atoms with van der Waals surface area (Å²) in [5, 5.41) is 1.34. The van der Waals surface area contributed by atoms with Crippen LogP contribution in [-0.2, 0) is 0 Å². The van der Waals surface area contributed by atoms with Gasteiger partial charge in [-0.3, -0.25) is 14.7 Å². The third kappa shape index (κ3) is 3.57. The second kappa shape index (κ2) is 7.28. The highest BCUT2D eigenvalue weighted by Crippen LogP contribution is 2.28. The Morgan fingerprint density at radius 2 is 1.88 bits per heavy atom. The molecule has 1 atom stereocenters. The molecule has 0 unspecified atom stereocenters. The zero-order valence-corrected chi connectivity index (χ0v) is 15.0. The number of amidine groups is 1. The van der Waals surface area contributed by atoms with Gasteiger partial charge in [0.1, 0.15) is 5.75 Å². The fraction of sp³-hybridized carbons (Fsp3) is 0.222. The number of amides is 1. The van der Waals surface area contributed by atoms with Crippen LogP contribution in [0.5, 0.6) is 5.75 Å². The highest BCUT2D eigenvalue weighted by atomic mass is 35.5. The average molecular weight is 361 g/mol. The molecule has 0 spiro atoms. The van der Waals surface area contributed by atoms with E-state index in [1.165, 1.54) is 0 Å². The van der Waals surface area contributed by atoms with Crippen molar-refractivity contribution in [3.63, 3.8) is 0 Å². The molecule has 0 saturated heterocycles. The summed E-state index contributed by atoms with van der Waals surface area (Å²) in [5.41, 5.74) is 1.33. The number of anilines is 1. The maximum Gasteiger partial charge on any atom is 0.264 e. The van der Waals surface area contributed by atoms with Gasteiger partial charge in [-0.2, -0.15) is 0 Å². The molecule has 1 amide bonds. The fourth-order valence-corrected chi connectivity index (χ4v) is 3.51. The Morgan fingerprint density at radius 1 is 1.21 bits per heavy atom. The van der Waals surface area contributed by atoms with Gasteiger partial charge in [0.2, 0.25) is 0 Å². The number of carbonyl (C=O) groups excluding carboxylic acids is 1. The second-order valence-electron chi connectivity index (χ2n) is 5.42. The minimum absolute atomic E-state index is 0.125. The van der Waals surface area contributed by atoms with E-state index in [2.05, 4.69) is 4.99 Å². The lowest BCUT2D eigenvalue weighted by Crippen LogP contribution is -2.34. The van der Waals surface area contributed by atoms with Crippen LogP contribution in [0.4, 0.5) is 5.69 Å². The summed E-state index contributed by atoms with van der Waals surface area (Å²) in [6.07, 6.45) is 0. The predicted octanol–water partition coefficient (Wildman–Crippen LogP) is 4.49. The number of methoxy groups -OCH3 is 1. The average Bonchev–Trinajstić information content (AvgIpc) is 3.03. The first-order chi connectivity index (χ1) is 11.6. The van der Waals surface area contributed by atoms with Gasteiger partial charge in [-0.25, -0.2) is 0 Å². The molecule has 0 aromatic heterocycles. The Hall–Kier alpha value is -1.98. The van der Waals surface area contributed by atoms with Crippen molar-refractivity contribution in [2.24, 2.45) is 4.99 Å². The number of hydrogen-bond acceptors (Lipinski definition) is 4. The number of rotatable bonds is 3. The first kappa shape index (κ1) is 16.9. The number of ether oxygens (including phenoxy) is 1. The van der Waals surface area contributed by atoms with E-state index < -0.39 is 0 Å². The molecule has 6 heteroatoms. The summed E-state index contributed by atoms with van der Waals surface area (Å²) >= 11 is 7.56. The number of benzene rings is 2. The molecule has 2 aromatic rings. The lowest BCUT2D eigenvalue weighted by Gasteiger charge is -2.22. The quantitative estimate of drug-likeness (QED) is 0.810. The lowest BCUT2D eigenvalue weighted by molar-refractivity contribution is 0.100. The zero-order chi connectivity index (χ0) is 17.1. The van der Waals surface area contributed by atoms with Crippen LogP contribution in [0.2, 0.25) is 5.02 Å². The number of halogens is 1. The van der Waals surface area contributed by atoms with E-state index in [0.717, 1.165) is 11.4 Å². The van der Waals surface area contributed by atoms with Gasteiger partial charge in [-0.15, -0.1) is 0 Å². The van der Waals surface area contributed by atoms with Crippen LogP contribution in [0.25, 0.3) is 0 Å². The molecule has 0 fully saturated rings. The molecule has 1 aliphatic heterocycles. The van der Waals surface area contributed by atoms with Crippen molar-refractivity contribution in [1.82, 2.24) is 0 Å². The molecule has 0 bridgehead atoms. The Labute approximate surface area is 150 Å². The van der Waals surface area contributed by atoms with Crippen LogP contribution >= 0.6 is 23.4 Å². The molecule has 24 heavy (non-hydrogen) atoms. The summed E-state index contributed by atoms with van der Waals surface area (Å²) in [7, 11) is 1.60. The second-order valence-corrected chi connectivity index (χ2v) is 6.84. The number of hydrogen-bond donors (Lipinski definition) is 0. The van der Waals surface area contributed by atoms with E-state index >= 15 is 0 Å². The first-order valence-electron chi connectivity index (χ1n) is 7.53. The fourth-order valence-electron chi connectivity index (χ4n) is 2.35. The maximum absolute atomic E-state index is 13.1. The molecular formula is C18H17ClN2O2S. The molecule has 2 aromatic carbocycles. The van der Waals surface area contributed by atoms with E-state index in [9.17, 15) is 4.79 Å². The van der Waals surface area contributed by atoms with Crippen LogP contribution in [-0.4, -0.2) is 30.0 Å². The summed E-state index contributed by atoms with van der Waals surface area (Å²) in [4.78, 5) is 19.3. The van der Waals surface area contributed by atoms with Gasteiger partial charge in [-0.05, 0) is 55.5 Å². The molecule has 3 rings (SSSR count). The van der Waals surface area contributed by atoms with Crippen molar-refractivity contribution in [3.05, 3.63) is 59.1 Å². The van der Waals surface area contributed by atoms with E-state index in [4.69, 9.17) is 16.3 Å². The van der Waals surface area contributed by atoms with Crippen molar-refractivity contribution in [2.45, 2.75) is 13.0 Å². The molecule has 0 N–H and O–H groups in total. The van der Waals surface area contributed by atoms with Gasteiger partial charge in [0.15, 0.2) is 5.17 Å². The Morgan fingerprint density at radius 3 is 2.42 bits per heavy atom. The number of thioether (sulfide) groups is 1. The van der Waals surface area contributed by atoms with Crippen molar-refractivity contribution in [1.29, 1.82) is 0 Å². The van der Waals surface area contributed by atoms with Crippen LogP contribution in [0.3, 0.4) is 0 Å². The van der Waals surface area contributed by atoms with Gasteiger partial charge in [0, 0.05) is 16.3 Å². The van der Waals surface area contributed by atoms with Gasteiger partial charge >= 0.3 is 0 Å². The molecule has 1 aliphatic rings. The molecule has 0 radical (unpaired) electrons. The number of aliphatic imine (C=N–C) groups is 1. The Balaban J connectivity index is 1.98. The maximum atomic E-state index is 13.1. The van der Waals surface area contributed by atoms with E-state index in [-0.39, 0.29) is 11.9 Å². The van der Waals surface area contributed by atoms with Crippen LogP contribution in [0.15, 0.2) is 53.5 Å². The SMILES string of the molecule is COc1ccc(C(=O)N(C2=N[C@@H](C)CS2)c2ccc(Cl)cc2)cc1. The number of nitrogens with zero attached hydrogens (tertiary/aromatic N) is 2. The van der Waals surface area contributed by atoms with Crippen molar-refractivity contribution < 1.29 is 9.53 Å². The van der Waals surface area contributed by atoms with E-state index in [0.29, 0.717) is 21.5 Å². The van der Waals surface area contributed by atoms with Crippen LogP contribution in [0, 0.1) is 0 Å². The van der Waals surface area contributed by atoms with Crippen molar-refractivity contribution in [3.8, 4) is 5.75 Å². The zero-order valence-electron chi connectivity index (χ0n) is 13.4. The highest BCUT2D eigenvalue weighted by Gasteiger charge is 2.27. The molecule has 124 valence electrons. The van der Waals surface area contributed by atoms with E-state index in [1.54, 1.807) is 60.2 Å². The monoisotopic (exact) mass is 360 g/mol. The highest BCUT2D eigenvalue weighted by molar-refractivity contribution is 8.14. The smallest absolute Gasteiger partial charge is 0.264 e. The molecule has 1 heterocycles. The third-order valence-electron chi connectivity index (χ3n) is 3.60. The van der Waals surface area contributed by atoms with Crippen LogP contribution in [0.1, 0.15) is 17.3 Å². The van der Waals surface area contributed by atoms with Crippen molar-refractivity contribution >= 4 is 40.1 Å². The molecule has 4 nitrogen and oxygen atoms in total. The first-order valence-corrected chi connectivity index (χ1v) is 8.89. The molecule has 0 saturated carbocycles. The lowest BCUT2D eigenvalue weighted by atomic mass is 10.2. The summed E-state index contributed by atoms with van der Waals surface area (Å²) in [6, 6.07) is 14.5. The third-order valence-corrected chi connectivity index (χ3v) is 5.05. The van der Waals surface area contributed by atoms with E-state index in [1.807, 2.05) is 19.1 Å².